The van der Waals surface area contributed by atoms with Crippen LogP contribution >= 0.6 is 0 Å². The first-order valence-electron chi connectivity index (χ1n) is 9.39. The molecule has 2 bridgehead atoms. The maximum absolute atomic E-state index is 12.8. The van der Waals surface area contributed by atoms with Gasteiger partial charge >= 0.3 is 6.09 Å². The van der Waals surface area contributed by atoms with Crippen molar-refractivity contribution >= 4 is 6.09 Å². The van der Waals surface area contributed by atoms with E-state index in [2.05, 4.69) is 4.98 Å². The molecule has 2 aliphatic rings. The Morgan fingerprint density at radius 2 is 1.93 bits per heavy atom. The number of rotatable bonds is 4. The fourth-order valence-electron chi connectivity index (χ4n) is 4.05. The molecule has 1 aromatic carbocycles. The molecule has 0 aliphatic carbocycles. The number of morpholine rings is 1. The van der Waals surface area contributed by atoms with Gasteiger partial charge in [0.2, 0.25) is 0 Å². The van der Waals surface area contributed by atoms with Gasteiger partial charge in [0.25, 0.3) is 0 Å². The third kappa shape index (κ3) is 3.68. The molecule has 2 atom stereocenters. The summed E-state index contributed by atoms with van der Waals surface area (Å²) in [5.41, 5.74) is 0.414. The number of piperidine rings is 1. The van der Waals surface area contributed by atoms with E-state index in [1.54, 1.807) is 30.3 Å². The maximum atomic E-state index is 12.8. The van der Waals surface area contributed by atoms with Crippen molar-refractivity contribution in [2.45, 2.75) is 37.1 Å². The van der Waals surface area contributed by atoms with Crippen molar-refractivity contribution in [3.05, 3.63) is 59.9 Å². The first-order chi connectivity index (χ1) is 13.6. The van der Waals surface area contributed by atoms with Gasteiger partial charge in [-0.05, 0) is 17.7 Å². The third-order valence-electron chi connectivity index (χ3n) is 5.42. The number of pyridine rings is 1. The van der Waals surface area contributed by atoms with Crippen molar-refractivity contribution in [1.82, 2.24) is 9.88 Å². The summed E-state index contributed by atoms with van der Waals surface area (Å²) in [6.07, 6.45) is 1.93. The molecule has 2 aliphatic heterocycles. The van der Waals surface area contributed by atoms with Crippen LogP contribution < -0.4 is 4.74 Å². The van der Waals surface area contributed by atoms with Crippen LogP contribution in [0.5, 0.6) is 5.75 Å². The van der Waals surface area contributed by atoms with Gasteiger partial charge in [0.15, 0.2) is 0 Å². The Morgan fingerprint density at radius 3 is 2.54 bits per heavy atom. The van der Waals surface area contributed by atoms with Gasteiger partial charge in [-0.25, -0.2) is 4.79 Å². The number of nitrogens with zero attached hydrogens (tertiary/aromatic N) is 2. The minimum Gasteiger partial charge on any atom is -0.495 e. The zero-order valence-corrected chi connectivity index (χ0v) is 15.8. The summed E-state index contributed by atoms with van der Waals surface area (Å²) >= 11 is 0. The van der Waals surface area contributed by atoms with Crippen molar-refractivity contribution in [2.24, 2.45) is 0 Å². The van der Waals surface area contributed by atoms with E-state index >= 15 is 0 Å². The Hall–Kier alpha value is -2.64. The number of carbonyl (C=O) groups excluding carboxylic acids is 1. The Kier molecular flexibility index (Phi) is 5.19. The summed E-state index contributed by atoms with van der Waals surface area (Å²) in [6, 6.07) is 12.6. The molecule has 0 spiro atoms. The third-order valence-corrected chi connectivity index (χ3v) is 5.42. The average Bonchev–Trinajstić information content (AvgIpc) is 2.72. The maximum Gasteiger partial charge on any atom is 0.410 e. The monoisotopic (exact) mass is 384 g/mol. The molecular formula is C21H24N2O5. The average molecular weight is 384 g/mol. The van der Waals surface area contributed by atoms with Gasteiger partial charge in [-0.3, -0.25) is 9.88 Å². The summed E-state index contributed by atoms with van der Waals surface area (Å²) in [5, 5.41) is 11.3. The van der Waals surface area contributed by atoms with Crippen molar-refractivity contribution in [3.63, 3.8) is 0 Å². The molecule has 2 unspecified atom stereocenters. The smallest absolute Gasteiger partial charge is 0.410 e. The lowest BCUT2D eigenvalue weighted by Gasteiger charge is -2.50. The quantitative estimate of drug-likeness (QED) is 0.872. The van der Waals surface area contributed by atoms with Crippen LogP contribution in [-0.2, 0) is 21.7 Å². The second-order valence-corrected chi connectivity index (χ2v) is 7.32. The van der Waals surface area contributed by atoms with Crippen LogP contribution in [0.3, 0.4) is 0 Å². The highest BCUT2D eigenvalue weighted by molar-refractivity contribution is 5.69. The lowest BCUT2D eigenvalue weighted by Crippen LogP contribution is -2.62. The Morgan fingerprint density at radius 1 is 1.21 bits per heavy atom. The summed E-state index contributed by atoms with van der Waals surface area (Å²) in [5.74, 6) is 0.637. The molecule has 1 amide bonds. The summed E-state index contributed by atoms with van der Waals surface area (Å²) in [6.45, 7) is 0.964. The van der Waals surface area contributed by atoms with E-state index in [1.165, 1.54) is 0 Å². The van der Waals surface area contributed by atoms with Crippen LogP contribution in [0.15, 0.2) is 48.7 Å². The van der Waals surface area contributed by atoms with Crippen molar-refractivity contribution in [3.8, 4) is 5.75 Å². The number of fused-ring (bicyclic) bond motifs is 2. The number of aliphatic hydroxyl groups is 1. The Balaban J connectivity index is 1.47. The van der Waals surface area contributed by atoms with Crippen LogP contribution in [0.1, 0.15) is 24.1 Å². The molecule has 1 aromatic heterocycles. The molecule has 2 fully saturated rings. The lowest BCUT2D eigenvalue weighted by molar-refractivity contribution is -0.138. The number of amides is 1. The van der Waals surface area contributed by atoms with Gasteiger partial charge < -0.3 is 19.3 Å². The predicted octanol–water partition coefficient (Wildman–Crippen LogP) is 2.48. The predicted molar refractivity (Wildman–Crippen MR) is 101 cm³/mol. The zero-order chi connectivity index (χ0) is 19.6. The van der Waals surface area contributed by atoms with Gasteiger partial charge in [-0.1, -0.05) is 30.3 Å². The summed E-state index contributed by atoms with van der Waals surface area (Å²) in [4.78, 5) is 18.8. The molecule has 3 heterocycles. The number of hydrogen-bond acceptors (Lipinski definition) is 6. The number of aromatic nitrogens is 1. The van der Waals surface area contributed by atoms with E-state index in [-0.39, 0.29) is 24.8 Å². The van der Waals surface area contributed by atoms with Crippen LogP contribution in [-0.4, -0.2) is 53.5 Å². The molecule has 4 rings (SSSR count). The van der Waals surface area contributed by atoms with Crippen molar-refractivity contribution < 1.29 is 24.1 Å². The fourth-order valence-corrected chi connectivity index (χ4v) is 4.05. The lowest BCUT2D eigenvalue weighted by atomic mass is 9.79. The van der Waals surface area contributed by atoms with E-state index < -0.39 is 5.60 Å². The van der Waals surface area contributed by atoms with E-state index in [0.29, 0.717) is 37.5 Å². The van der Waals surface area contributed by atoms with E-state index in [9.17, 15) is 9.90 Å². The molecule has 7 heteroatoms. The van der Waals surface area contributed by atoms with Gasteiger partial charge in [-0.15, -0.1) is 0 Å². The van der Waals surface area contributed by atoms with Crippen molar-refractivity contribution in [2.75, 3.05) is 20.3 Å². The topological polar surface area (TPSA) is 81.1 Å². The molecule has 0 radical (unpaired) electrons. The highest BCUT2D eigenvalue weighted by atomic mass is 16.6. The number of ether oxygens (including phenoxy) is 3. The minimum atomic E-state index is -1.11. The van der Waals surface area contributed by atoms with E-state index in [4.69, 9.17) is 14.2 Å². The molecule has 0 saturated carbocycles. The molecular weight excluding hydrogens is 360 g/mol. The standard InChI is InChI=1S/C21H24N2O5/c1-26-18-7-8-19(22-11-18)21(25)9-16-13-27-14-17(10-21)23(16)20(24)28-12-15-5-3-2-4-6-15/h2-8,11,16-17,25H,9-10,12-14H2,1H3. The van der Waals surface area contributed by atoms with Gasteiger partial charge in [0, 0.05) is 12.8 Å². The highest BCUT2D eigenvalue weighted by Crippen LogP contribution is 2.40. The molecule has 2 saturated heterocycles. The largest absolute Gasteiger partial charge is 0.495 e. The van der Waals surface area contributed by atoms with Gasteiger partial charge in [-0.2, -0.15) is 0 Å². The molecule has 28 heavy (non-hydrogen) atoms. The van der Waals surface area contributed by atoms with Crippen molar-refractivity contribution in [1.29, 1.82) is 0 Å². The van der Waals surface area contributed by atoms with Gasteiger partial charge in [0.05, 0.1) is 44.3 Å². The SMILES string of the molecule is COc1ccc(C2(O)CC3COCC(C2)N3C(=O)OCc2ccccc2)nc1. The fraction of sp³-hybridized carbons (Fsp3) is 0.429. The summed E-state index contributed by atoms with van der Waals surface area (Å²) < 4.78 is 16.3. The van der Waals surface area contributed by atoms with Crippen LogP contribution in [0.4, 0.5) is 4.79 Å². The first-order valence-corrected chi connectivity index (χ1v) is 9.39. The van der Waals surface area contributed by atoms with E-state index in [1.807, 2.05) is 30.3 Å². The molecule has 148 valence electrons. The van der Waals surface area contributed by atoms with E-state index in [0.717, 1.165) is 5.56 Å². The number of hydrogen-bond donors (Lipinski definition) is 1. The number of methoxy groups -OCH3 is 1. The second kappa shape index (κ2) is 7.77. The van der Waals surface area contributed by atoms with Crippen LogP contribution in [0.2, 0.25) is 0 Å². The normalized spacial score (nSPS) is 26.6. The molecule has 2 aromatic rings. The Labute approximate surface area is 163 Å². The van der Waals surface area contributed by atoms with Crippen LogP contribution in [0, 0.1) is 0 Å². The molecule has 7 nitrogen and oxygen atoms in total. The highest BCUT2D eigenvalue weighted by Gasteiger charge is 2.50. The van der Waals surface area contributed by atoms with Crippen LogP contribution in [0.25, 0.3) is 0 Å². The Bertz CT molecular complexity index is 797. The second-order valence-electron chi connectivity index (χ2n) is 7.32. The zero-order valence-electron chi connectivity index (χ0n) is 15.8. The summed E-state index contributed by atoms with van der Waals surface area (Å²) in [7, 11) is 1.58. The minimum absolute atomic E-state index is 0.223. The first kappa shape index (κ1) is 18.7. The van der Waals surface area contributed by atoms with Gasteiger partial charge in [0.1, 0.15) is 18.0 Å². The number of carbonyl (C=O) groups is 1. The number of benzene rings is 1. The molecule has 1 N–H and O–H groups in total.